The summed E-state index contributed by atoms with van der Waals surface area (Å²) >= 11 is 0. The Balaban J connectivity index is 2.05. The summed E-state index contributed by atoms with van der Waals surface area (Å²) in [6.07, 6.45) is -4.72. The van der Waals surface area contributed by atoms with E-state index in [1.54, 1.807) is 0 Å². The lowest BCUT2D eigenvalue weighted by molar-refractivity contribution is -0.384. The van der Waals surface area contributed by atoms with Crippen molar-refractivity contribution in [3.8, 4) is 0 Å². The molecule has 13 heteroatoms. The Morgan fingerprint density at radius 3 is 2.23 bits per heavy atom. The summed E-state index contributed by atoms with van der Waals surface area (Å²) in [6.45, 7) is -0.0926. The molecule has 10 nitrogen and oxygen atoms in total. The predicted octanol–water partition coefficient (Wildman–Crippen LogP) is 3.41. The van der Waals surface area contributed by atoms with E-state index >= 15 is 0 Å². The second-order valence-electron chi connectivity index (χ2n) is 5.91. The maximum Gasteiger partial charge on any atom is 0.416 e. The number of anilines is 2. The van der Waals surface area contributed by atoms with Gasteiger partial charge in [-0.15, -0.1) is 0 Å². The molecule has 0 aliphatic carbocycles. The molecule has 2 aromatic carbocycles. The van der Waals surface area contributed by atoms with Crippen LogP contribution in [0.1, 0.15) is 15.9 Å². The van der Waals surface area contributed by atoms with Crippen LogP contribution >= 0.6 is 0 Å². The number of hydrogen-bond donors (Lipinski definition) is 3. The summed E-state index contributed by atoms with van der Waals surface area (Å²) in [5, 5.41) is 29.7. The number of rotatable bonds is 8. The summed E-state index contributed by atoms with van der Waals surface area (Å²) < 4.78 is 38.2. The van der Waals surface area contributed by atoms with Gasteiger partial charge < -0.3 is 16.0 Å². The average molecular weight is 427 g/mol. The zero-order valence-electron chi connectivity index (χ0n) is 15.4. The summed E-state index contributed by atoms with van der Waals surface area (Å²) in [4.78, 5) is 32.6. The molecule has 0 aromatic heterocycles. The van der Waals surface area contributed by atoms with E-state index in [1.165, 1.54) is 19.2 Å². The molecule has 30 heavy (non-hydrogen) atoms. The van der Waals surface area contributed by atoms with Gasteiger partial charge in [-0.25, -0.2) is 0 Å². The minimum atomic E-state index is -4.72. The lowest BCUT2D eigenvalue weighted by atomic mass is 10.1. The van der Waals surface area contributed by atoms with Crippen molar-refractivity contribution < 1.29 is 27.8 Å². The van der Waals surface area contributed by atoms with E-state index in [9.17, 15) is 38.2 Å². The van der Waals surface area contributed by atoms with Crippen LogP contribution in [0.3, 0.4) is 0 Å². The highest BCUT2D eigenvalue weighted by atomic mass is 19.4. The number of nitro groups is 2. The molecular formula is C17H16F3N5O5. The molecule has 0 bridgehead atoms. The fourth-order valence-corrected chi connectivity index (χ4v) is 2.53. The van der Waals surface area contributed by atoms with Crippen LogP contribution in [-0.2, 0) is 6.18 Å². The van der Waals surface area contributed by atoms with Crippen molar-refractivity contribution in [2.24, 2.45) is 0 Å². The number of halogens is 3. The Morgan fingerprint density at radius 2 is 1.67 bits per heavy atom. The highest BCUT2D eigenvalue weighted by molar-refractivity contribution is 6.00. The van der Waals surface area contributed by atoms with Gasteiger partial charge in [0.15, 0.2) is 0 Å². The van der Waals surface area contributed by atoms with Gasteiger partial charge in [0.2, 0.25) is 0 Å². The van der Waals surface area contributed by atoms with E-state index in [0.717, 1.165) is 12.1 Å². The van der Waals surface area contributed by atoms with Crippen molar-refractivity contribution in [3.63, 3.8) is 0 Å². The van der Waals surface area contributed by atoms with E-state index in [-0.39, 0.29) is 30.0 Å². The fraction of sp³-hybridized carbons (Fsp3) is 0.235. The van der Waals surface area contributed by atoms with Crippen molar-refractivity contribution >= 4 is 28.7 Å². The van der Waals surface area contributed by atoms with E-state index in [1.807, 2.05) is 0 Å². The van der Waals surface area contributed by atoms with Gasteiger partial charge in [0.1, 0.15) is 5.69 Å². The number of nitro benzene ring substituents is 2. The first-order chi connectivity index (χ1) is 14.0. The van der Waals surface area contributed by atoms with E-state index in [0.29, 0.717) is 17.8 Å². The number of amides is 1. The Hall–Kier alpha value is -3.90. The standard InChI is InChI=1S/C17H16F3N5O5/c1-21-13-5-3-11(24(27)28)9-12(13)16(26)23-7-6-22-14-4-2-10(17(18,19)20)8-15(14)25(29)30/h2-5,8-9,21-22H,6-7H2,1H3,(H,23,26). The first-order valence-electron chi connectivity index (χ1n) is 8.38. The summed E-state index contributed by atoms with van der Waals surface area (Å²) in [6, 6.07) is 5.75. The molecule has 3 N–H and O–H groups in total. The van der Waals surface area contributed by atoms with E-state index in [2.05, 4.69) is 16.0 Å². The molecule has 0 saturated carbocycles. The summed E-state index contributed by atoms with van der Waals surface area (Å²) in [7, 11) is 1.53. The third-order valence-electron chi connectivity index (χ3n) is 3.98. The third kappa shape index (κ3) is 5.33. The van der Waals surface area contributed by atoms with Gasteiger partial charge in [-0.1, -0.05) is 0 Å². The summed E-state index contributed by atoms with van der Waals surface area (Å²) in [5.41, 5.74) is -1.96. The van der Waals surface area contributed by atoms with Gasteiger partial charge in [0, 0.05) is 44.0 Å². The lowest BCUT2D eigenvalue weighted by Gasteiger charge is -2.12. The van der Waals surface area contributed by atoms with Gasteiger partial charge in [0.25, 0.3) is 17.3 Å². The topological polar surface area (TPSA) is 139 Å². The van der Waals surface area contributed by atoms with Crippen molar-refractivity contribution in [2.45, 2.75) is 6.18 Å². The molecule has 0 atom stereocenters. The molecule has 1 amide bonds. The molecule has 0 radical (unpaired) electrons. The lowest BCUT2D eigenvalue weighted by Crippen LogP contribution is -2.29. The van der Waals surface area contributed by atoms with Crippen LogP contribution < -0.4 is 16.0 Å². The molecule has 0 aliphatic rings. The van der Waals surface area contributed by atoms with Crippen LogP contribution in [0.15, 0.2) is 36.4 Å². The van der Waals surface area contributed by atoms with Crippen molar-refractivity contribution in [2.75, 3.05) is 30.8 Å². The molecule has 160 valence electrons. The van der Waals surface area contributed by atoms with E-state index in [4.69, 9.17) is 0 Å². The second kappa shape index (κ2) is 9.07. The minimum absolute atomic E-state index is 0.0206. The molecule has 2 rings (SSSR count). The predicted molar refractivity (Wildman–Crippen MR) is 102 cm³/mol. The second-order valence-corrected chi connectivity index (χ2v) is 5.91. The Labute approximate surface area is 167 Å². The highest BCUT2D eigenvalue weighted by Gasteiger charge is 2.33. The van der Waals surface area contributed by atoms with Crippen molar-refractivity contribution in [3.05, 3.63) is 67.8 Å². The normalized spacial score (nSPS) is 10.9. The minimum Gasteiger partial charge on any atom is -0.387 e. The number of carbonyl (C=O) groups excluding carboxylic acids is 1. The zero-order chi connectivity index (χ0) is 22.5. The van der Waals surface area contributed by atoms with Crippen LogP contribution in [-0.4, -0.2) is 35.9 Å². The van der Waals surface area contributed by atoms with Gasteiger partial charge in [-0.05, 0) is 18.2 Å². The maximum absolute atomic E-state index is 12.7. The first-order valence-corrected chi connectivity index (χ1v) is 8.38. The fourth-order valence-electron chi connectivity index (χ4n) is 2.53. The van der Waals surface area contributed by atoms with Crippen LogP contribution in [0.4, 0.5) is 35.9 Å². The summed E-state index contributed by atoms with van der Waals surface area (Å²) in [5.74, 6) is -0.633. The van der Waals surface area contributed by atoms with Crippen molar-refractivity contribution in [1.82, 2.24) is 5.32 Å². The third-order valence-corrected chi connectivity index (χ3v) is 3.98. The van der Waals surface area contributed by atoms with Crippen LogP contribution in [0.2, 0.25) is 0 Å². The molecule has 0 aliphatic heterocycles. The van der Waals surface area contributed by atoms with Gasteiger partial charge in [-0.3, -0.25) is 25.0 Å². The van der Waals surface area contributed by atoms with Crippen molar-refractivity contribution in [1.29, 1.82) is 0 Å². The molecule has 0 spiro atoms. The number of carbonyl (C=O) groups is 1. The number of alkyl halides is 3. The van der Waals surface area contributed by atoms with Crippen LogP contribution in [0.25, 0.3) is 0 Å². The Bertz CT molecular complexity index is 981. The highest BCUT2D eigenvalue weighted by Crippen LogP contribution is 2.34. The number of hydrogen-bond acceptors (Lipinski definition) is 7. The SMILES string of the molecule is CNc1ccc([N+](=O)[O-])cc1C(=O)NCCNc1ccc(C(F)(F)F)cc1[N+](=O)[O-]. The monoisotopic (exact) mass is 427 g/mol. The quantitative estimate of drug-likeness (QED) is 0.333. The molecule has 0 heterocycles. The molecule has 0 unspecified atom stereocenters. The Kier molecular flexibility index (Phi) is 6.77. The van der Waals surface area contributed by atoms with Gasteiger partial charge >= 0.3 is 6.18 Å². The van der Waals surface area contributed by atoms with E-state index < -0.39 is 33.2 Å². The average Bonchev–Trinajstić information content (AvgIpc) is 2.69. The first kappa shape index (κ1) is 22.4. The van der Waals surface area contributed by atoms with Crippen LogP contribution in [0.5, 0.6) is 0 Å². The van der Waals surface area contributed by atoms with Crippen LogP contribution in [0, 0.1) is 20.2 Å². The van der Waals surface area contributed by atoms with Gasteiger partial charge in [-0.2, -0.15) is 13.2 Å². The number of nitrogens with one attached hydrogen (secondary N) is 3. The largest absolute Gasteiger partial charge is 0.416 e. The number of nitrogens with zero attached hydrogens (tertiary/aromatic N) is 2. The molecule has 0 fully saturated rings. The maximum atomic E-state index is 12.7. The Morgan fingerprint density at radius 1 is 1.00 bits per heavy atom. The number of non-ortho nitro benzene ring substituents is 1. The molecule has 0 saturated heterocycles. The zero-order valence-corrected chi connectivity index (χ0v) is 15.4. The number of benzene rings is 2. The molecular weight excluding hydrogens is 411 g/mol. The molecule has 2 aromatic rings. The smallest absolute Gasteiger partial charge is 0.387 e. The van der Waals surface area contributed by atoms with Gasteiger partial charge in [0.05, 0.1) is 21.0 Å².